The van der Waals surface area contributed by atoms with Gasteiger partial charge in [-0.05, 0) is 50.3 Å². The highest BCUT2D eigenvalue weighted by atomic mass is 32.1. The van der Waals surface area contributed by atoms with E-state index >= 15 is 0 Å². The molecule has 0 saturated carbocycles. The lowest BCUT2D eigenvalue weighted by atomic mass is 10.2. The third-order valence-corrected chi connectivity index (χ3v) is 3.78. The summed E-state index contributed by atoms with van der Waals surface area (Å²) in [5.41, 5.74) is 0. The molecule has 1 saturated heterocycles. The van der Waals surface area contributed by atoms with E-state index < -0.39 is 0 Å². The van der Waals surface area contributed by atoms with Gasteiger partial charge in [-0.2, -0.15) is 0 Å². The second kappa shape index (κ2) is 5.42. The number of Topliss-reactive ketones (excluding diaryl/α,β-unsaturated/α-hetero) is 1. The maximum atomic E-state index is 11.7. The van der Waals surface area contributed by atoms with E-state index in [9.17, 15) is 4.79 Å². The predicted molar refractivity (Wildman–Crippen MR) is 63.6 cm³/mol. The molecule has 0 unspecified atom stereocenters. The summed E-state index contributed by atoms with van der Waals surface area (Å²) in [5, 5.41) is 1.97. The molecule has 0 aliphatic carbocycles. The molecule has 0 atom stereocenters. The molecule has 2 nitrogen and oxygen atoms in total. The minimum Gasteiger partial charge on any atom is -0.303 e. The molecular formula is C12H17NOS. The van der Waals surface area contributed by atoms with Gasteiger partial charge in [0.1, 0.15) is 0 Å². The van der Waals surface area contributed by atoms with Crippen molar-refractivity contribution in [3.05, 3.63) is 22.4 Å². The smallest absolute Gasteiger partial charge is 0.172 e. The number of likely N-dealkylation sites (tertiary alicyclic amines) is 1. The summed E-state index contributed by atoms with van der Waals surface area (Å²) in [4.78, 5) is 15.0. The van der Waals surface area contributed by atoms with E-state index in [1.807, 2.05) is 17.5 Å². The first kappa shape index (κ1) is 10.8. The van der Waals surface area contributed by atoms with E-state index in [4.69, 9.17) is 0 Å². The second-order valence-electron chi connectivity index (χ2n) is 4.05. The number of carbonyl (C=O) groups is 1. The summed E-state index contributed by atoms with van der Waals surface area (Å²) < 4.78 is 0. The Balaban J connectivity index is 1.67. The number of ketones is 1. The molecule has 82 valence electrons. The largest absolute Gasteiger partial charge is 0.303 e. The van der Waals surface area contributed by atoms with Crippen LogP contribution in [-0.4, -0.2) is 30.3 Å². The van der Waals surface area contributed by atoms with Gasteiger partial charge < -0.3 is 4.90 Å². The molecular weight excluding hydrogens is 206 g/mol. The fourth-order valence-electron chi connectivity index (χ4n) is 2.03. The van der Waals surface area contributed by atoms with Gasteiger partial charge in [0.05, 0.1) is 4.88 Å². The van der Waals surface area contributed by atoms with Crippen LogP contribution in [0.15, 0.2) is 17.5 Å². The molecule has 0 amide bonds. The van der Waals surface area contributed by atoms with E-state index in [1.54, 1.807) is 11.3 Å². The summed E-state index contributed by atoms with van der Waals surface area (Å²) in [7, 11) is 0. The van der Waals surface area contributed by atoms with Gasteiger partial charge in [0, 0.05) is 6.42 Å². The Hall–Kier alpha value is -0.670. The van der Waals surface area contributed by atoms with Crippen molar-refractivity contribution in [1.82, 2.24) is 4.90 Å². The fourth-order valence-corrected chi connectivity index (χ4v) is 2.72. The van der Waals surface area contributed by atoms with Gasteiger partial charge in [0.2, 0.25) is 0 Å². The van der Waals surface area contributed by atoms with Crippen molar-refractivity contribution in [2.24, 2.45) is 0 Å². The summed E-state index contributed by atoms with van der Waals surface area (Å²) in [6, 6.07) is 3.86. The van der Waals surface area contributed by atoms with Gasteiger partial charge >= 0.3 is 0 Å². The number of hydrogen-bond donors (Lipinski definition) is 0. The van der Waals surface area contributed by atoms with Gasteiger partial charge in [-0.15, -0.1) is 11.3 Å². The van der Waals surface area contributed by atoms with Crippen LogP contribution in [0.3, 0.4) is 0 Å². The van der Waals surface area contributed by atoms with Crippen LogP contribution in [-0.2, 0) is 0 Å². The number of carbonyl (C=O) groups excluding carboxylic acids is 1. The molecule has 0 N–H and O–H groups in total. The van der Waals surface area contributed by atoms with Crippen LogP contribution in [0.1, 0.15) is 35.4 Å². The summed E-state index contributed by atoms with van der Waals surface area (Å²) >= 11 is 1.55. The minimum atomic E-state index is 0.309. The quantitative estimate of drug-likeness (QED) is 0.715. The van der Waals surface area contributed by atoms with Crippen molar-refractivity contribution in [2.75, 3.05) is 19.6 Å². The zero-order valence-electron chi connectivity index (χ0n) is 8.95. The zero-order valence-corrected chi connectivity index (χ0v) is 9.76. The first-order chi connectivity index (χ1) is 7.36. The maximum Gasteiger partial charge on any atom is 0.172 e. The van der Waals surface area contributed by atoms with Crippen molar-refractivity contribution in [3.8, 4) is 0 Å². The molecule has 2 heterocycles. The standard InChI is InChI=1S/C12H17NOS/c14-11(12-6-4-10-15-12)5-3-9-13-7-1-2-8-13/h4,6,10H,1-3,5,7-9H2. The summed E-state index contributed by atoms with van der Waals surface area (Å²) in [6.07, 6.45) is 4.38. The molecule has 3 heteroatoms. The molecule has 1 fully saturated rings. The van der Waals surface area contributed by atoms with Gasteiger partial charge in [0.15, 0.2) is 5.78 Å². The molecule has 0 bridgehead atoms. The highest BCUT2D eigenvalue weighted by Crippen LogP contribution is 2.13. The molecule has 0 aromatic carbocycles. The fraction of sp³-hybridized carbons (Fsp3) is 0.583. The lowest BCUT2D eigenvalue weighted by molar-refractivity contribution is 0.0980. The van der Waals surface area contributed by atoms with Crippen LogP contribution in [0, 0.1) is 0 Å². The van der Waals surface area contributed by atoms with Crippen molar-refractivity contribution in [3.63, 3.8) is 0 Å². The second-order valence-corrected chi connectivity index (χ2v) is 5.00. The monoisotopic (exact) mass is 223 g/mol. The van der Waals surface area contributed by atoms with Crippen LogP contribution in [0.5, 0.6) is 0 Å². The number of hydrogen-bond acceptors (Lipinski definition) is 3. The highest BCUT2D eigenvalue weighted by molar-refractivity contribution is 7.12. The zero-order chi connectivity index (χ0) is 10.5. The predicted octanol–water partition coefficient (Wildman–Crippen LogP) is 2.81. The minimum absolute atomic E-state index is 0.309. The van der Waals surface area contributed by atoms with Gasteiger partial charge in [0.25, 0.3) is 0 Å². The molecule has 15 heavy (non-hydrogen) atoms. The van der Waals surface area contributed by atoms with Crippen LogP contribution in [0.25, 0.3) is 0 Å². The average molecular weight is 223 g/mol. The van der Waals surface area contributed by atoms with Crippen molar-refractivity contribution >= 4 is 17.1 Å². The van der Waals surface area contributed by atoms with Crippen LogP contribution in [0.2, 0.25) is 0 Å². The molecule has 2 rings (SSSR count). The molecule has 0 radical (unpaired) electrons. The molecule has 1 aromatic heterocycles. The van der Waals surface area contributed by atoms with Gasteiger partial charge in [-0.1, -0.05) is 6.07 Å². The van der Waals surface area contributed by atoms with E-state index in [0.29, 0.717) is 12.2 Å². The Labute approximate surface area is 94.9 Å². The maximum absolute atomic E-state index is 11.7. The first-order valence-corrected chi connectivity index (χ1v) is 6.53. The number of rotatable bonds is 5. The molecule has 0 spiro atoms. The molecule has 1 aliphatic heterocycles. The third kappa shape index (κ3) is 3.14. The normalized spacial score (nSPS) is 17.1. The SMILES string of the molecule is O=C(CCCN1CCCC1)c1cccs1. The van der Waals surface area contributed by atoms with Gasteiger partial charge in [-0.25, -0.2) is 0 Å². The Bertz CT molecular complexity index is 301. The topological polar surface area (TPSA) is 20.3 Å². The van der Waals surface area contributed by atoms with Gasteiger partial charge in [-0.3, -0.25) is 4.79 Å². The Morgan fingerprint density at radius 1 is 1.40 bits per heavy atom. The average Bonchev–Trinajstić information content (AvgIpc) is 2.90. The third-order valence-electron chi connectivity index (χ3n) is 2.87. The Morgan fingerprint density at radius 2 is 2.20 bits per heavy atom. The van der Waals surface area contributed by atoms with Crippen molar-refractivity contribution in [2.45, 2.75) is 25.7 Å². The van der Waals surface area contributed by atoms with E-state index in [2.05, 4.69) is 4.90 Å². The van der Waals surface area contributed by atoms with Crippen LogP contribution in [0.4, 0.5) is 0 Å². The van der Waals surface area contributed by atoms with Crippen molar-refractivity contribution in [1.29, 1.82) is 0 Å². The lowest BCUT2D eigenvalue weighted by Crippen LogP contribution is -2.20. The molecule has 1 aliphatic rings. The summed E-state index contributed by atoms with van der Waals surface area (Å²) in [5.74, 6) is 0.309. The number of thiophene rings is 1. The number of nitrogens with zero attached hydrogens (tertiary/aromatic N) is 1. The summed E-state index contributed by atoms with van der Waals surface area (Å²) in [6.45, 7) is 3.55. The van der Waals surface area contributed by atoms with Crippen molar-refractivity contribution < 1.29 is 4.79 Å². The van der Waals surface area contributed by atoms with Crippen LogP contribution >= 0.6 is 11.3 Å². The van der Waals surface area contributed by atoms with Crippen LogP contribution < -0.4 is 0 Å². The molecule has 1 aromatic rings. The Morgan fingerprint density at radius 3 is 2.87 bits per heavy atom. The van der Waals surface area contributed by atoms with E-state index in [-0.39, 0.29) is 0 Å². The van der Waals surface area contributed by atoms with E-state index in [1.165, 1.54) is 25.9 Å². The Kier molecular flexibility index (Phi) is 3.92. The highest BCUT2D eigenvalue weighted by Gasteiger charge is 2.12. The van der Waals surface area contributed by atoms with E-state index in [0.717, 1.165) is 17.8 Å². The lowest BCUT2D eigenvalue weighted by Gasteiger charge is -2.13. The first-order valence-electron chi connectivity index (χ1n) is 5.65.